The van der Waals surface area contributed by atoms with E-state index < -0.39 is 89.0 Å². The highest BCUT2D eigenvalue weighted by Crippen LogP contribution is 2.55. The van der Waals surface area contributed by atoms with E-state index >= 15 is 35.1 Å². The smallest absolute Gasteiger partial charge is 0.200 e. The average molecular weight is 847 g/mol. The van der Waals surface area contributed by atoms with Gasteiger partial charge in [0.2, 0.25) is 0 Å². The highest BCUT2D eigenvalue weighted by molar-refractivity contribution is 7.67. The van der Waals surface area contributed by atoms with Crippen LogP contribution in [0.2, 0.25) is 5.82 Å². The van der Waals surface area contributed by atoms with E-state index in [0.29, 0.717) is 0 Å². The Bertz CT molecular complexity index is 2540. The van der Waals surface area contributed by atoms with Gasteiger partial charge in [-0.2, -0.15) is 0 Å². The fourth-order valence-corrected chi connectivity index (χ4v) is 13.5. The Morgan fingerprint density at radius 3 is 1.28 bits per heavy atom. The van der Waals surface area contributed by atoms with Crippen LogP contribution < -0.4 is 16.2 Å². The van der Waals surface area contributed by atoms with Gasteiger partial charge in [-0.1, -0.05) is 71.8 Å². The lowest BCUT2D eigenvalue weighted by Crippen LogP contribution is -2.66. The van der Waals surface area contributed by atoms with Crippen LogP contribution in [0.5, 0.6) is 0 Å². The van der Waals surface area contributed by atoms with Gasteiger partial charge in [0.25, 0.3) is 0 Å². The molecule has 60 heavy (non-hydrogen) atoms. The van der Waals surface area contributed by atoms with Crippen molar-refractivity contribution in [3.63, 3.8) is 0 Å². The summed E-state index contributed by atoms with van der Waals surface area (Å²) in [5, 5.41) is 0.839. The fourth-order valence-electron chi connectivity index (χ4n) is 9.73. The second kappa shape index (κ2) is 16.3. The van der Waals surface area contributed by atoms with E-state index in [2.05, 4.69) is 11.7 Å². The van der Waals surface area contributed by atoms with Crippen LogP contribution in [-0.4, -0.2) is 18.5 Å². The summed E-state index contributed by atoms with van der Waals surface area (Å²) in [6, 6.07) is 21.3. The molecule has 6 aromatic carbocycles. The summed E-state index contributed by atoms with van der Waals surface area (Å²) in [6.07, 6.45) is -4.51. The Hall–Kier alpha value is -5.33. The molecule has 1 fully saturated rings. The molecule has 0 aliphatic carbocycles. The first-order valence-corrected chi connectivity index (χ1v) is 21.2. The highest BCUT2D eigenvalue weighted by atomic mass is 31.1. The number of hydrogen-bond donors (Lipinski definition) is 0. The van der Waals surface area contributed by atoms with Crippen molar-refractivity contribution in [1.29, 1.82) is 0 Å². The van der Waals surface area contributed by atoms with E-state index in [9.17, 15) is 8.78 Å². The van der Waals surface area contributed by atoms with Gasteiger partial charge in [0.1, 0.15) is 34.7 Å². The van der Waals surface area contributed by atoms with Crippen molar-refractivity contribution in [2.45, 2.75) is 53.8 Å². The zero-order valence-electron chi connectivity index (χ0n) is 33.5. The Morgan fingerprint density at radius 2 is 0.883 bits per heavy atom. The molecule has 0 saturated carbocycles. The van der Waals surface area contributed by atoms with Gasteiger partial charge in [0, 0.05) is 30.8 Å². The molecule has 0 N–H and O–H groups in total. The molecular weight excluding hydrogens is 808 g/mol. The normalized spacial score (nSPS) is 15.3. The number of hydrogen-bond acceptors (Lipinski definition) is 0. The summed E-state index contributed by atoms with van der Waals surface area (Å²) >= 11 is 0. The maximum Gasteiger partial charge on any atom is 0.200 e. The van der Waals surface area contributed by atoms with Crippen LogP contribution in [0.1, 0.15) is 45.4 Å². The van der Waals surface area contributed by atoms with Crippen LogP contribution in [-0.2, 0) is 0 Å². The van der Waals surface area contributed by atoms with Gasteiger partial charge in [-0.15, -0.1) is 22.7 Å². The molecule has 1 unspecified atom stereocenters. The van der Waals surface area contributed by atoms with Crippen molar-refractivity contribution >= 4 is 30.3 Å². The molecule has 2 atom stereocenters. The summed E-state index contributed by atoms with van der Waals surface area (Å²) < 4.78 is 157. The van der Waals surface area contributed by atoms with Crippen molar-refractivity contribution in [1.82, 2.24) is 0 Å². The van der Waals surface area contributed by atoms with Crippen molar-refractivity contribution in [2.24, 2.45) is 0 Å². The van der Waals surface area contributed by atoms with Crippen molar-refractivity contribution in [3.05, 3.63) is 170 Å². The molecule has 12 heteroatoms. The zero-order valence-corrected chi connectivity index (χ0v) is 34.5. The van der Waals surface area contributed by atoms with E-state index in [0.717, 1.165) is 60.9 Å². The van der Waals surface area contributed by atoms with Gasteiger partial charge < -0.3 is 0 Å². The summed E-state index contributed by atoms with van der Waals surface area (Å²) in [7, 11) is -2.13. The monoisotopic (exact) mass is 846 g/mol. The molecule has 308 valence electrons. The predicted octanol–water partition coefficient (Wildman–Crippen LogP) is 11.7. The molecule has 0 bridgehead atoms. The SMILES string of the molecule is Cc1cc(C)c(-c2cccc(-c3c(C)cc(C)cc3C)c2[PH+]2CC[C@H]([B-](C#Cc3ccccc3)(c3c(F)c(F)c(F)c(F)c3F)c3c(F)c(F)c(F)c(F)c3F)C2)c(C)c1. The molecule has 1 aliphatic rings. The van der Waals surface area contributed by atoms with Crippen LogP contribution in [0, 0.1) is 111 Å². The Morgan fingerprint density at radius 1 is 0.500 bits per heavy atom. The van der Waals surface area contributed by atoms with Gasteiger partial charge in [0.15, 0.2) is 34.9 Å². The lowest BCUT2D eigenvalue weighted by atomic mass is 9.13. The van der Waals surface area contributed by atoms with Gasteiger partial charge in [0.05, 0.1) is 6.16 Å². The summed E-state index contributed by atoms with van der Waals surface area (Å²) in [6.45, 7) is 11.8. The third-order valence-corrected chi connectivity index (χ3v) is 15.1. The molecule has 0 nitrogen and oxygen atoms in total. The second-order valence-corrected chi connectivity index (χ2v) is 18.5. The first-order chi connectivity index (χ1) is 28.4. The van der Waals surface area contributed by atoms with Gasteiger partial charge in [-0.25, -0.2) is 43.9 Å². The van der Waals surface area contributed by atoms with Crippen LogP contribution >= 0.6 is 7.92 Å². The van der Waals surface area contributed by atoms with Crippen LogP contribution in [0.4, 0.5) is 43.9 Å². The average Bonchev–Trinajstić information content (AvgIpc) is 3.70. The lowest BCUT2D eigenvalue weighted by molar-refractivity contribution is 0.381. The van der Waals surface area contributed by atoms with Crippen molar-refractivity contribution in [2.75, 3.05) is 12.3 Å². The molecule has 0 spiro atoms. The van der Waals surface area contributed by atoms with Crippen LogP contribution in [0.15, 0.2) is 72.8 Å². The predicted molar refractivity (Wildman–Crippen MR) is 223 cm³/mol. The van der Waals surface area contributed by atoms with Gasteiger partial charge in [-0.3, -0.25) is 5.82 Å². The summed E-state index contributed by atoms with van der Waals surface area (Å²) in [4.78, 5) is 0. The summed E-state index contributed by atoms with van der Waals surface area (Å²) in [5.74, 6) is -21.2. The molecule has 7 rings (SSSR count). The van der Waals surface area contributed by atoms with E-state index in [4.69, 9.17) is 0 Å². The molecule has 0 aromatic heterocycles. The third-order valence-electron chi connectivity index (χ3n) is 12.0. The van der Waals surface area contributed by atoms with Gasteiger partial charge in [-0.05, 0) is 93.5 Å². The maximum atomic E-state index is 16.5. The summed E-state index contributed by atoms with van der Waals surface area (Å²) in [5.41, 5.74) is 5.84. The minimum atomic E-state index is -4.39. The quantitative estimate of drug-likeness (QED) is 0.0391. The number of rotatable bonds is 6. The lowest BCUT2D eigenvalue weighted by Gasteiger charge is -2.42. The molecule has 0 amide bonds. The first kappa shape index (κ1) is 42.8. The number of aryl methyl sites for hydroxylation is 6. The molecular formula is C48H38BF10P. The van der Waals surface area contributed by atoms with Crippen LogP contribution in [0.3, 0.4) is 0 Å². The zero-order chi connectivity index (χ0) is 43.5. The van der Waals surface area contributed by atoms with E-state index in [-0.39, 0.29) is 24.3 Å². The Balaban J connectivity index is 1.59. The molecule has 1 heterocycles. The molecule has 0 radical (unpaired) electrons. The standard InChI is InChI=1S/C48H37BF10P/c1-24-19-26(3)34(27(4)20-24)32-13-10-14-33(35-28(5)21-25(2)22-29(35)6)48(32)60-18-16-31(23-60)49(17-15-30-11-8-7-9-12-30,36-38(50)42(54)46(58)43(55)39(36)51)37-40(52)44(56)47(59)45(57)41(37)53/h7-14,19-22,31H,16,18,23H2,1-6H3/q-1/p+1/t31-,60?/m0/s1. The van der Waals surface area contributed by atoms with Crippen molar-refractivity contribution < 1.29 is 43.9 Å². The molecule has 6 aromatic rings. The number of benzene rings is 6. The maximum absolute atomic E-state index is 16.5. The van der Waals surface area contributed by atoms with E-state index in [1.54, 1.807) is 6.07 Å². The highest BCUT2D eigenvalue weighted by Gasteiger charge is 2.51. The minimum Gasteiger partial charge on any atom is -0.297 e. The fraction of sp³-hybridized carbons (Fsp3) is 0.208. The second-order valence-electron chi connectivity index (χ2n) is 15.9. The van der Waals surface area contributed by atoms with E-state index in [1.807, 2.05) is 84.0 Å². The third kappa shape index (κ3) is 7.01. The number of halogens is 10. The van der Waals surface area contributed by atoms with Crippen LogP contribution in [0.25, 0.3) is 22.3 Å². The topological polar surface area (TPSA) is 0 Å². The largest absolute Gasteiger partial charge is 0.297 e. The van der Waals surface area contributed by atoms with Crippen molar-refractivity contribution in [3.8, 4) is 34.0 Å². The Kier molecular flexibility index (Phi) is 11.6. The Labute approximate surface area is 343 Å². The first-order valence-electron chi connectivity index (χ1n) is 19.3. The minimum absolute atomic E-state index is 0.0864. The molecule has 1 aliphatic heterocycles. The van der Waals surface area contributed by atoms with Gasteiger partial charge >= 0.3 is 0 Å². The van der Waals surface area contributed by atoms with E-state index in [1.165, 1.54) is 24.3 Å². The molecule has 1 saturated heterocycles.